The fraction of sp³-hybridized carbons (Fsp3) is 0.500. The number of benzene rings is 1. The molecule has 0 aliphatic rings. The van der Waals surface area contributed by atoms with Crippen molar-refractivity contribution in [1.82, 2.24) is 14.4 Å². The number of rotatable bonds is 13. The Morgan fingerprint density at radius 2 is 1.72 bits per heavy atom. The number of halogens is 2. The fourth-order valence-corrected chi connectivity index (χ4v) is 3.90. The molecule has 0 spiro atoms. The van der Waals surface area contributed by atoms with Crippen molar-refractivity contribution in [1.29, 1.82) is 0 Å². The predicted octanol–water partition coefficient (Wildman–Crippen LogP) is 5.03. The largest absolute Gasteiger partial charge is 0.382 e. The number of hydrogen-bond acceptors (Lipinski definition) is 3. The summed E-state index contributed by atoms with van der Waals surface area (Å²) < 4.78 is 7.42. The number of carbonyl (C=O) groups is 2. The molecule has 0 aliphatic heterocycles. The molecule has 0 aliphatic carbocycles. The minimum absolute atomic E-state index is 0.0107. The van der Waals surface area contributed by atoms with Crippen LogP contribution in [-0.4, -0.2) is 59.0 Å². The Hall–Kier alpha value is -2.02. The first-order valence-corrected chi connectivity index (χ1v) is 11.8. The van der Waals surface area contributed by atoms with Crippen LogP contribution in [0.2, 0.25) is 10.0 Å². The molecule has 1 aromatic carbocycles. The summed E-state index contributed by atoms with van der Waals surface area (Å²) in [4.78, 5) is 29.9. The normalized spacial score (nSPS) is 10.9. The maximum absolute atomic E-state index is 13.3. The lowest BCUT2D eigenvalue weighted by Gasteiger charge is -2.28. The van der Waals surface area contributed by atoms with Crippen molar-refractivity contribution in [2.45, 2.75) is 39.7 Å². The molecule has 2 rings (SSSR count). The van der Waals surface area contributed by atoms with Crippen LogP contribution in [0.3, 0.4) is 0 Å². The van der Waals surface area contributed by atoms with Crippen molar-refractivity contribution in [3.05, 3.63) is 57.8 Å². The van der Waals surface area contributed by atoms with Crippen LogP contribution < -0.4 is 0 Å². The number of unbranched alkanes of at least 4 members (excludes halogenated alkanes) is 1. The Morgan fingerprint density at radius 1 is 1.03 bits per heavy atom. The van der Waals surface area contributed by atoms with Gasteiger partial charge in [-0.3, -0.25) is 9.59 Å². The van der Waals surface area contributed by atoms with Gasteiger partial charge in [-0.15, -0.1) is 0 Å². The summed E-state index contributed by atoms with van der Waals surface area (Å²) in [5.41, 5.74) is 1.42. The zero-order valence-electron chi connectivity index (χ0n) is 19.2. The van der Waals surface area contributed by atoms with Gasteiger partial charge in [0.2, 0.25) is 5.91 Å². The number of ether oxygens (including phenoxy) is 1. The molecule has 2 aromatic rings. The number of amides is 2. The van der Waals surface area contributed by atoms with Gasteiger partial charge in [0.05, 0.1) is 6.54 Å². The topological polar surface area (TPSA) is 54.8 Å². The maximum Gasteiger partial charge on any atom is 0.254 e. The molecule has 1 heterocycles. The van der Waals surface area contributed by atoms with Crippen molar-refractivity contribution < 1.29 is 14.3 Å². The Bertz CT molecular complexity index is 865. The molecule has 32 heavy (non-hydrogen) atoms. The second-order valence-corrected chi connectivity index (χ2v) is 8.59. The van der Waals surface area contributed by atoms with E-state index in [-0.39, 0.29) is 18.4 Å². The highest BCUT2D eigenvalue weighted by atomic mass is 35.5. The first kappa shape index (κ1) is 26.2. The monoisotopic (exact) mass is 481 g/mol. The van der Waals surface area contributed by atoms with Crippen molar-refractivity contribution in [2.24, 2.45) is 7.05 Å². The molecule has 0 fully saturated rings. The van der Waals surface area contributed by atoms with E-state index in [0.29, 0.717) is 54.9 Å². The van der Waals surface area contributed by atoms with E-state index in [1.54, 1.807) is 23.1 Å². The van der Waals surface area contributed by atoms with Crippen LogP contribution in [0.25, 0.3) is 0 Å². The van der Waals surface area contributed by atoms with E-state index < -0.39 is 0 Å². The smallest absolute Gasteiger partial charge is 0.254 e. The second-order valence-electron chi connectivity index (χ2n) is 7.71. The van der Waals surface area contributed by atoms with Gasteiger partial charge in [-0.25, -0.2) is 0 Å². The Morgan fingerprint density at radius 3 is 2.31 bits per heavy atom. The number of aromatic nitrogens is 1. The molecule has 0 unspecified atom stereocenters. The van der Waals surface area contributed by atoms with Gasteiger partial charge in [-0.05, 0) is 50.1 Å². The summed E-state index contributed by atoms with van der Waals surface area (Å²) in [6.45, 7) is 6.69. The Kier molecular flexibility index (Phi) is 11.1. The highest BCUT2D eigenvalue weighted by Gasteiger charge is 2.23. The molecule has 0 atom stereocenters. The minimum atomic E-state index is -0.270. The molecule has 6 nitrogen and oxygen atoms in total. The SMILES string of the molecule is CCCCN(Cc1cccn1C)C(=O)CN(CCCOCC)C(=O)c1cc(Cl)cc(Cl)c1. The lowest BCUT2D eigenvalue weighted by atomic mass is 10.2. The predicted molar refractivity (Wildman–Crippen MR) is 129 cm³/mol. The van der Waals surface area contributed by atoms with E-state index in [0.717, 1.165) is 18.5 Å². The quantitative estimate of drug-likeness (QED) is 0.377. The summed E-state index contributed by atoms with van der Waals surface area (Å²) in [6.07, 6.45) is 4.48. The third kappa shape index (κ3) is 8.15. The number of carbonyl (C=O) groups excluding carboxylic acids is 2. The van der Waals surface area contributed by atoms with Crippen molar-refractivity contribution in [3.63, 3.8) is 0 Å². The van der Waals surface area contributed by atoms with Gasteiger partial charge in [0.15, 0.2) is 0 Å². The molecule has 176 valence electrons. The van der Waals surface area contributed by atoms with E-state index in [9.17, 15) is 9.59 Å². The van der Waals surface area contributed by atoms with Crippen molar-refractivity contribution in [3.8, 4) is 0 Å². The van der Waals surface area contributed by atoms with Gasteiger partial charge in [0.1, 0.15) is 6.54 Å². The van der Waals surface area contributed by atoms with E-state index in [1.807, 2.05) is 41.8 Å². The van der Waals surface area contributed by atoms with Gasteiger partial charge >= 0.3 is 0 Å². The van der Waals surface area contributed by atoms with Crippen LogP contribution in [0.1, 0.15) is 49.2 Å². The molecule has 0 saturated carbocycles. The summed E-state index contributed by atoms with van der Waals surface area (Å²) >= 11 is 12.2. The Labute approximate surface area is 201 Å². The van der Waals surface area contributed by atoms with Crippen LogP contribution in [0.15, 0.2) is 36.5 Å². The lowest BCUT2D eigenvalue weighted by molar-refractivity contribution is -0.132. The first-order valence-electron chi connectivity index (χ1n) is 11.1. The van der Waals surface area contributed by atoms with Gasteiger partial charge in [0.25, 0.3) is 5.91 Å². The highest BCUT2D eigenvalue weighted by Crippen LogP contribution is 2.20. The van der Waals surface area contributed by atoms with E-state index >= 15 is 0 Å². The van der Waals surface area contributed by atoms with Crippen LogP contribution in [0.5, 0.6) is 0 Å². The summed E-state index contributed by atoms with van der Waals surface area (Å²) in [5.74, 6) is -0.355. The highest BCUT2D eigenvalue weighted by molar-refractivity contribution is 6.35. The average molecular weight is 482 g/mol. The molecule has 0 N–H and O–H groups in total. The maximum atomic E-state index is 13.3. The van der Waals surface area contributed by atoms with Gasteiger partial charge in [-0.2, -0.15) is 0 Å². The molecular weight excluding hydrogens is 449 g/mol. The average Bonchev–Trinajstić information content (AvgIpc) is 3.16. The fourth-order valence-electron chi connectivity index (χ4n) is 3.37. The Balaban J connectivity index is 2.19. The summed E-state index contributed by atoms with van der Waals surface area (Å²) in [6, 6.07) is 8.70. The molecule has 1 aromatic heterocycles. The zero-order chi connectivity index (χ0) is 23.5. The van der Waals surface area contributed by atoms with E-state index in [4.69, 9.17) is 27.9 Å². The van der Waals surface area contributed by atoms with Crippen LogP contribution in [-0.2, 0) is 23.1 Å². The number of hydrogen-bond donors (Lipinski definition) is 0. The molecule has 2 amide bonds. The standard InChI is InChI=1S/C24H33Cl2N3O3/c1-4-6-11-28(17-22-9-7-10-27(22)3)23(30)18-29(12-8-13-32-5-2)24(31)19-14-20(25)16-21(26)15-19/h7,9-10,14-16H,4-6,8,11-13,17-18H2,1-3H3. The van der Waals surface area contributed by atoms with E-state index in [1.165, 1.54) is 0 Å². The summed E-state index contributed by atoms with van der Waals surface area (Å²) in [7, 11) is 1.96. The molecule has 0 saturated heterocycles. The molecule has 8 heteroatoms. The number of aryl methyl sites for hydroxylation is 1. The lowest BCUT2D eigenvalue weighted by Crippen LogP contribution is -2.43. The van der Waals surface area contributed by atoms with Gasteiger partial charge < -0.3 is 19.1 Å². The third-order valence-electron chi connectivity index (χ3n) is 5.18. The van der Waals surface area contributed by atoms with Gasteiger partial charge in [0, 0.05) is 60.9 Å². The minimum Gasteiger partial charge on any atom is -0.382 e. The summed E-state index contributed by atoms with van der Waals surface area (Å²) in [5, 5.41) is 0.768. The van der Waals surface area contributed by atoms with Crippen LogP contribution >= 0.6 is 23.2 Å². The van der Waals surface area contributed by atoms with Crippen LogP contribution in [0, 0.1) is 0 Å². The van der Waals surface area contributed by atoms with Gasteiger partial charge in [-0.1, -0.05) is 36.5 Å². The first-order chi connectivity index (χ1) is 15.3. The second kappa shape index (κ2) is 13.5. The number of nitrogens with zero attached hydrogens (tertiary/aromatic N) is 3. The third-order valence-corrected chi connectivity index (χ3v) is 5.62. The van der Waals surface area contributed by atoms with Crippen molar-refractivity contribution >= 4 is 35.0 Å². The van der Waals surface area contributed by atoms with E-state index in [2.05, 4.69) is 6.92 Å². The van der Waals surface area contributed by atoms with Crippen LogP contribution in [0.4, 0.5) is 0 Å². The molecule has 0 bridgehead atoms. The molecule has 0 radical (unpaired) electrons. The molecular formula is C24H33Cl2N3O3. The zero-order valence-corrected chi connectivity index (χ0v) is 20.7. The van der Waals surface area contributed by atoms with Crippen molar-refractivity contribution in [2.75, 3.05) is 32.8 Å².